The van der Waals surface area contributed by atoms with E-state index in [0.717, 1.165) is 12.2 Å². The van der Waals surface area contributed by atoms with Gasteiger partial charge in [-0.3, -0.25) is 24.6 Å². The molecule has 0 aliphatic carbocycles. The van der Waals surface area contributed by atoms with Gasteiger partial charge in [-0.2, -0.15) is 0 Å². The summed E-state index contributed by atoms with van der Waals surface area (Å²) in [6, 6.07) is 24.5. The van der Waals surface area contributed by atoms with Gasteiger partial charge in [-0.25, -0.2) is 0 Å². The molecule has 6 nitrogen and oxygen atoms in total. The maximum Gasteiger partial charge on any atom is 0.257 e. The number of rotatable bonds is 7. The summed E-state index contributed by atoms with van der Waals surface area (Å²) >= 11 is 0. The lowest BCUT2D eigenvalue weighted by molar-refractivity contribution is -0.124. The van der Waals surface area contributed by atoms with Crippen LogP contribution < -0.4 is 10.1 Å². The van der Waals surface area contributed by atoms with Crippen molar-refractivity contribution < 1.29 is 19.1 Å². The van der Waals surface area contributed by atoms with Crippen LogP contribution >= 0.6 is 0 Å². The highest BCUT2D eigenvalue weighted by molar-refractivity contribution is 6.06. The van der Waals surface area contributed by atoms with E-state index in [1.807, 2.05) is 41.3 Å². The lowest BCUT2D eigenvalue weighted by Gasteiger charge is -2.22. The van der Waals surface area contributed by atoms with Gasteiger partial charge < -0.3 is 4.74 Å². The maximum atomic E-state index is 12.8. The molecule has 0 spiro atoms. The lowest BCUT2D eigenvalue weighted by atomic mass is 10.1. The van der Waals surface area contributed by atoms with E-state index in [1.54, 1.807) is 48.5 Å². The van der Waals surface area contributed by atoms with Gasteiger partial charge in [0.05, 0.1) is 12.6 Å². The van der Waals surface area contributed by atoms with Crippen molar-refractivity contribution in [1.29, 1.82) is 0 Å². The Bertz CT molecular complexity index is 1080. The second-order valence-electron chi connectivity index (χ2n) is 7.68. The van der Waals surface area contributed by atoms with Crippen LogP contribution in [0.15, 0.2) is 84.9 Å². The minimum atomic E-state index is -0.493. The Morgan fingerprint density at radius 1 is 0.812 bits per heavy atom. The third-order valence-electron chi connectivity index (χ3n) is 5.44. The van der Waals surface area contributed by atoms with Crippen molar-refractivity contribution in [1.82, 2.24) is 10.2 Å². The lowest BCUT2D eigenvalue weighted by Crippen LogP contribution is -2.46. The van der Waals surface area contributed by atoms with Gasteiger partial charge >= 0.3 is 0 Å². The number of Topliss-reactive ketones (excluding diaryl/α,β-unsaturated/α-hetero) is 1. The number of hydrogen-bond donors (Lipinski definition) is 1. The zero-order valence-electron chi connectivity index (χ0n) is 17.6. The number of imide groups is 1. The van der Waals surface area contributed by atoms with E-state index >= 15 is 0 Å². The third-order valence-corrected chi connectivity index (χ3v) is 5.44. The molecule has 0 aromatic heterocycles. The van der Waals surface area contributed by atoms with Crippen LogP contribution in [0.2, 0.25) is 0 Å². The van der Waals surface area contributed by atoms with Crippen LogP contribution in [0.25, 0.3) is 0 Å². The van der Waals surface area contributed by atoms with Crippen LogP contribution in [0.4, 0.5) is 0 Å². The summed E-state index contributed by atoms with van der Waals surface area (Å²) < 4.78 is 5.76. The molecule has 32 heavy (non-hydrogen) atoms. The molecule has 1 heterocycles. The van der Waals surface area contributed by atoms with Crippen LogP contribution in [-0.4, -0.2) is 41.6 Å². The van der Waals surface area contributed by atoms with E-state index in [1.165, 1.54) is 0 Å². The Morgan fingerprint density at radius 2 is 1.44 bits per heavy atom. The number of carbonyl (C=O) groups is 3. The fourth-order valence-corrected chi connectivity index (χ4v) is 3.78. The van der Waals surface area contributed by atoms with Gasteiger partial charge in [0.15, 0.2) is 5.78 Å². The average Bonchev–Trinajstić information content (AvgIpc) is 3.29. The molecule has 2 amide bonds. The van der Waals surface area contributed by atoms with Crippen molar-refractivity contribution in [2.45, 2.75) is 18.9 Å². The number of amides is 2. The molecule has 0 bridgehead atoms. The van der Waals surface area contributed by atoms with E-state index in [0.29, 0.717) is 29.8 Å². The van der Waals surface area contributed by atoms with Crippen LogP contribution in [0.3, 0.4) is 0 Å². The van der Waals surface area contributed by atoms with Gasteiger partial charge in [0.1, 0.15) is 11.5 Å². The Morgan fingerprint density at radius 3 is 2.12 bits per heavy atom. The molecule has 6 heteroatoms. The zero-order chi connectivity index (χ0) is 22.3. The topological polar surface area (TPSA) is 75.7 Å². The summed E-state index contributed by atoms with van der Waals surface area (Å²) in [7, 11) is 0. The molecule has 0 unspecified atom stereocenters. The van der Waals surface area contributed by atoms with E-state index < -0.39 is 11.9 Å². The molecule has 1 fully saturated rings. The number of para-hydroxylation sites is 1. The number of likely N-dealkylation sites (tertiary alicyclic amines) is 1. The summed E-state index contributed by atoms with van der Waals surface area (Å²) in [5, 5.41) is 2.46. The molecular formula is C26H24N2O4. The largest absolute Gasteiger partial charge is 0.457 e. The molecular weight excluding hydrogens is 404 g/mol. The Balaban J connectivity index is 1.35. The highest BCUT2D eigenvalue weighted by atomic mass is 16.5. The van der Waals surface area contributed by atoms with Crippen molar-refractivity contribution >= 4 is 17.6 Å². The first kappa shape index (κ1) is 21.5. The highest BCUT2D eigenvalue weighted by Gasteiger charge is 2.33. The van der Waals surface area contributed by atoms with Gasteiger partial charge in [-0.1, -0.05) is 36.4 Å². The summed E-state index contributed by atoms with van der Waals surface area (Å²) in [4.78, 5) is 39.6. The van der Waals surface area contributed by atoms with E-state index in [4.69, 9.17) is 4.74 Å². The van der Waals surface area contributed by atoms with Crippen molar-refractivity contribution in [3.05, 3.63) is 96.1 Å². The van der Waals surface area contributed by atoms with Crippen molar-refractivity contribution in [2.75, 3.05) is 13.1 Å². The predicted molar refractivity (Wildman–Crippen MR) is 121 cm³/mol. The van der Waals surface area contributed by atoms with E-state index in [9.17, 15) is 14.4 Å². The highest BCUT2D eigenvalue weighted by Crippen LogP contribution is 2.22. The smallest absolute Gasteiger partial charge is 0.257 e. The standard InChI is InChI=1S/C26H24N2O4/c29-24(19-13-15-22(16-14-19)32-21-10-5-2-6-11-21)18-28-17-7-12-23(28)26(31)27-25(30)20-8-3-1-4-9-20/h1-6,8-11,13-16,23H,7,12,17-18H2,(H,27,30,31)/t23-/m0/s1. The van der Waals surface area contributed by atoms with Crippen LogP contribution in [0.1, 0.15) is 33.6 Å². The van der Waals surface area contributed by atoms with Gasteiger partial charge in [-0.15, -0.1) is 0 Å². The fourth-order valence-electron chi connectivity index (χ4n) is 3.78. The maximum absolute atomic E-state index is 12.8. The number of hydrogen-bond acceptors (Lipinski definition) is 5. The normalized spacial score (nSPS) is 15.8. The molecule has 1 aliphatic heterocycles. The van der Waals surface area contributed by atoms with Crippen LogP contribution in [0, 0.1) is 0 Å². The van der Waals surface area contributed by atoms with Gasteiger partial charge in [-0.05, 0) is 67.9 Å². The second kappa shape index (κ2) is 10.0. The van der Waals surface area contributed by atoms with Gasteiger partial charge in [0, 0.05) is 11.1 Å². The Labute approximate surface area is 186 Å². The number of carbonyl (C=O) groups excluding carboxylic acids is 3. The average molecular weight is 428 g/mol. The van der Waals surface area contributed by atoms with Crippen molar-refractivity contribution in [3.63, 3.8) is 0 Å². The van der Waals surface area contributed by atoms with Crippen LogP contribution in [-0.2, 0) is 4.79 Å². The van der Waals surface area contributed by atoms with E-state index in [-0.39, 0.29) is 18.2 Å². The zero-order valence-corrected chi connectivity index (χ0v) is 17.6. The molecule has 1 atom stereocenters. The van der Waals surface area contributed by atoms with Gasteiger partial charge in [0.2, 0.25) is 5.91 Å². The molecule has 0 radical (unpaired) electrons. The summed E-state index contributed by atoms with van der Waals surface area (Å²) in [6.45, 7) is 0.759. The number of nitrogens with one attached hydrogen (secondary N) is 1. The molecule has 0 saturated carbocycles. The van der Waals surface area contributed by atoms with Crippen molar-refractivity contribution in [3.8, 4) is 11.5 Å². The first-order chi connectivity index (χ1) is 15.6. The summed E-state index contributed by atoms with van der Waals surface area (Å²) in [6.07, 6.45) is 1.42. The number of nitrogens with zero attached hydrogens (tertiary/aromatic N) is 1. The Kier molecular flexibility index (Phi) is 6.72. The number of benzene rings is 3. The molecule has 3 aromatic rings. The second-order valence-corrected chi connectivity index (χ2v) is 7.68. The predicted octanol–water partition coefficient (Wildman–Crippen LogP) is 4.08. The number of ether oxygens (including phenoxy) is 1. The quantitative estimate of drug-likeness (QED) is 0.453. The van der Waals surface area contributed by atoms with Crippen molar-refractivity contribution in [2.24, 2.45) is 0 Å². The molecule has 3 aromatic carbocycles. The molecule has 162 valence electrons. The van der Waals surface area contributed by atoms with E-state index in [2.05, 4.69) is 5.32 Å². The fraction of sp³-hybridized carbons (Fsp3) is 0.192. The first-order valence-corrected chi connectivity index (χ1v) is 10.6. The minimum Gasteiger partial charge on any atom is -0.457 e. The molecule has 4 rings (SSSR count). The molecule has 1 N–H and O–H groups in total. The van der Waals surface area contributed by atoms with Crippen LogP contribution in [0.5, 0.6) is 11.5 Å². The summed E-state index contributed by atoms with van der Waals surface area (Å²) in [5.41, 5.74) is 0.983. The third kappa shape index (κ3) is 5.28. The molecule has 1 saturated heterocycles. The molecule has 1 aliphatic rings. The first-order valence-electron chi connectivity index (χ1n) is 10.6. The number of ketones is 1. The Hall–Kier alpha value is -3.77. The SMILES string of the molecule is O=C(CN1CCC[C@H]1C(=O)NC(=O)c1ccccc1)c1ccc(Oc2ccccc2)cc1. The minimum absolute atomic E-state index is 0.0784. The van der Waals surface area contributed by atoms with Gasteiger partial charge in [0.25, 0.3) is 5.91 Å². The summed E-state index contributed by atoms with van der Waals surface area (Å²) in [5.74, 6) is 0.497. The monoisotopic (exact) mass is 428 g/mol.